The van der Waals surface area contributed by atoms with Gasteiger partial charge in [-0.15, -0.1) is 0 Å². The average molecular weight is 455 g/mol. The lowest BCUT2D eigenvalue weighted by atomic mass is 10.1. The molecule has 3 aromatic rings. The number of nitrogens with one attached hydrogen (secondary N) is 1. The first-order valence-corrected chi connectivity index (χ1v) is 10.3. The molecule has 6 heteroatoms. The smallest absolute Gasteiger partial charge is 0.124 e. The van der Waals surface area contributed by atoms with Gasteiger partial charge in [-0.1, -0.05) is 64.6 Å². The Hall–Kier alpha value is -1.42. The third-order valence-corrected chi connectivity index (χ3v) is 5.31. The Morgan fingerprint density at radius 1 is 0.714 bits per heavy atom. The minimum atomic E-state index is 0.357. The molecule has 0 atom stereocenters. The standard InChI is InChI=1S/C22H19Cl4NO/c23-18-4-1-15(2-5-18)9-10-27-13-17-11-19(24)7-8-22(17)28-14-16-3-6-20(25)12-21(16)26/h1-8,11-12,27H,9-10,13-14H2. The monoisotopic (exact) mass is 453 g/mol. The van der Waals surface area contributed by atoms with E-state index in [9.17, 15) is 0 Å². The third kappa shape index (κ3) is 6.30. The lowest BCUT2D eigenvalue weighted by Crippen LogP contribution is -2.17. The molecule has 1 N–H and O–H groups in total. The minimum Gasteiger partial charge on any atom is -0.489 e. The Labute approximate surface area is 185 Å². The zero-order valence-corrected chi connectivity index (χ0v) is 18.0. The highest BCUT2D eigenvalue weighted by molar-refractivity contribution is 6.35. The second-order valence-corrected chi connectivity index (χ2v) is 8.05. The van der Waals surface area contributed by atoms with Gasteiger partial charge in [0, 0.05) is 37.8 Å². The summed E-state index contributed by atoms with van der Waals surface area (Å²) in [7, 11) is 0. The van der Waals surface area contributed by atoms with Crippen LogP contribution >= 0.6 is 46.4 Å². The van der Waals surface area contributed by atoms with Gasteiger partial charge in [-0.2, -0.15) is 0 Å². The van der Waals surface area contributed by atoms with Crippen LogP contribution in [-0.4, -0.2) is 6.54 Å². The van der Waals surface area contributed by atoms with Gasteiger partial charge in [0.25, 0.3) is 0 Å². The molecule has 0 heterocycles. The predicted molar refractivity (Wildman–Crippen MR) is 119 cm³/mol. The largest absolute Gasteiger partial charge is 0.489 e. The van der Waals surface area contributed by atoms with Crippen molar-refractivity contribution >= 4 is 46.4 Å². The van der Waals surface area contributed by atoms with E-state index in [1.54, 1.807) is 12.1 Å². The molecule has 0 bridgehead atoms. The summed E-state index contributed by atoms with van der Waals surface area (Å²) in [6, 6.07) is 18.9. The Morgan fingerprint density at radius 3 is 2.14 bits per heavy atom. The van der Waals surface area contributed by atoms with Crippen LogP contribution in [0.4, 0.5) is 0 Å². The lowest BCUT2D eigenvalue weighted by molar-refractivity contribution is 0.302. The SMILES string of the molecule is Clc1ccc(CCNCc2cc(Cl)ccc2OCc2ccc(Cl)cc2Cl)cc1. The fourth-order valence-corrected chi connectivity index (χ4v) is 3.51. The molecule has 0 saturated heterocycles. The van der Waals surface area contributed by atoms with Crippen molar-refractivity contribution in [3.05, 3.63) is 97.4 Å². The van der Waals surface area contributed by atoms with Crippen molar-refractivity contribution in [2.45, 2.75) is 19.6 Å². The van der Waals surface area contributed by atoms with Crippen LogP contribution in [0.3, 0.4) is 0 Å². The number of hydrogen-bond donors (Lipinski definition) is 1. The fourth-order valence-electron chi connectivity index (χ4n) is 2.73. The number of ether oxygens (including phenoxy) is 1. The number of halogens is 4. The molecular formula is C22H19Cl4NO. The fraction of sp³-hybridized carbons (Fsp3) is 0.182. The van der Waals surface area contributed by atoms with Gasteiger partial charge in [0.15, 0.2) is 0 Å². The zero-order chi connectivity index (χ0) is 19.9. The van der Waals surface area contributed by atoms with Crippen LogP contribution in [0.2, 0.25) is 20.1 Å². The Kier molecular flexibility index (Phi) is 7.90. The van der Waals surface area contributed by atoms with Gasteiger partial charge in [-0.3, -0.25) is 0 Å². The van der Waals surface area contributed by atoms with E-state index < -0.39 is 0 Å². The third-order valence-electron chi connectivity index (χ3n) is 4.24. The Bertz CT molecular complexity index is 928. The zero-order valence-electron chi connectivity index (χ0n) is 15.0. The molecule has 146 valence electrons. The summed E-state index contributed by atoms with van der Waals surface area (Å²) in [5.41, 5.74) is 3.10. The molecular weight excluding hydrogens is 436 g/mol. The van der Waals surface area contributed by atoms with Crippen molar-refractivity contribution in [1.82, 2.24) is 5.32 Å². The van der Waals surface area contributed by atoms with E-state index in [0.29, 0.717) is 28.2 Å². The van der Waals surface area contributed by atoms with E-state index in [-0.39, 0.29) is 0 Å². The van der Waals surface area contributed by atoms with Crippen molar-refractivity contribution in [3.8, 4) is 5.75 Å². The summed E-state index contributed by atoms with van der Waals surface area (Å²) in [5, 5.41) is 6.04. The van der Waals surface area contributed by atoms with Crippen LogP contribution in [-0.2, 0) is 19.6 Å². The van der Waals surface area contributed by atoms with Crippen molar-refractivity contribution in [2.24, 2.45) is 0 Å². The first-order chi connectivity index (χ1) is 13.5. The normalized spacial score (nSPS) is 10.9. The number of hydrogen-bond acceptors (Lipinski definition) is 2. The maximum atomic E-state index is 6.22. The van der Waals surface area contributed by atoms with E-state index in [0.717, 1.165) is 34.9 Å². The number of benzene rings is 3. The topological polar surface area (TPSA) is 21.3 Å². The molecule has 0 fully saturated rings. The van der Waals surface area contributed by atoms with Crippen molar-refractivity contribution in [3.63, 3.8) is 0 Å². The van der Waals surface area contributed by atoms with Crippen molar-refractivity contribution in [2.75, 3.05) is 6.54 Å². The van der Waals surface area contributed by atoms with Crippen LogP contribution < -0.4 is 10.1 Å². The van der Waals surface area contributed by atoms with E-state index in [1.807, 2.05) is 48.5 Å². The molecule has 0 aliphatic carbocycles. The van der Waals surface area contributed by atoms with Gasteiger partial charge in [0.2, 0.25) is 0 Å². The highest BCUT2D eigenvalue weighted by Crippen LogP contribution is 2.26. The van der Waals surface area contributed by atoms with Crippen LogP contribution in [0.5, 0.6) is 5.75 Å². The van der Waals surface area contributed by atoms with E-state index >= 15 is 0 Å². The van der Waals surface area contributed by atoms with E-state index in [1.165, 1.54) is 5.56 Å². The predicted octanol–water partition coefficient (Wildman–Crippen LogP) is 7.21. The molecule has 0 saturated carbocycles. The first kappa shape index (κ1) is 21.3. The van der Waals surface area contributed by atoms with Gasteiger partial charge in [0.05, 0.1) is 0 Å². The maximum Gasteiger partial charge on any atom is 0.124 e. The van der Waals surface area contributed by atoms with Gasteiger partial charge in [-0.05, 0) is 61.0 Å². The van der Waals surface area contributed by atoms with Crippen LogP contribution in [0.1, 0.15) is 16.7 Å². The molecule has 0 aromatic heterocycles. The summed E-state index contributed by atoms with van der Waals surface area (Å²) in [6.07, 6.45) is 0.911. The molecule has 2 nitrogen and oxygen atoms in total. The molecule has 0 aliphatic rings. The van der Waals surface area contributed by atoms with Gasteiger partial charge in [0.1, 0.15) is 12.4 Å². The maximum absolute atomic E-state index is 6.22. The molecule has 0 aliphatic heterocycles. The van der Waals surface area contributed by atoms with Gasteiger partial charge in [-0.25, -0.2) is 0 Å². The molecule has 0 spiro atoms. The summed E-state index contributed by atoms with van der Waals surface area (Å²) < 4.78 is 5.99. The molecule has 3 aromatic carbocycles. The minimum absolute atomic E-state index is 0.357. The average Bonchev–Trinajstić information content (AvgIpc) is 2.67. The second kappa shape index (κ2) is 10.4. The molecule has 0 radical (unpaired) electrons. The summed E-state index contributed by atoms with van der Waals surface area (Å²) in [6.45, 7) is 1.84. The molecule has 0 unspecified atom stereocenters. The summed E-state index contributed by atoms with van der Waals surface area (Å²) in [5.74, 6) is 0.773. The molecule has 3 rings (SSSR count). The Morgan fingerprint density at radius 2 is 1.39 bits per heavy atom. The Balaban J connectivity index is 1.58. The van der Waals surface area contributed by atoms with E-state index in [2.05, 4.69) is 5.32 Å². The van der Waals surface area contributed by atoms with Crippen LogP contribution in [0, 0.1) is 0 Å². The van der Waals surface area contributed by atoms with Crippen molar-refractivity contribution < 1.29 is 4.74 Å². The second-order valence-electron chi connectivity index (χ2n) is 6.33. The van der Waals surface area contributed by atoms with Gasteiger partial charge < -0.3 is 10.1 Å². The first-order valence-electron chi connectivity index (χ1n) is 8.81. The lowest BCUT2D eigenvalue weighted by Gasteiger charge is -2.14. The number of rotatable bonds is 8. The summed E-state index contributed by atoms with van der Waals surface area (Å²) >= 11 is 24.3. The molecule has 28 heavy (non-hydrogen) atoms. The van der Waals surface area contributed by atoms with Gasteiger partial charge >= 0.3 is 0 Å². The van der Waals surface area contributed by atoms with Crippen LogP contribution in [0.15, 0.2) is 60.7 Å². The van der Waals surface area contributed by atoms with Crippen LogP contribution in [0.25, 0.3) is 0 Å². The highest BCUT2D eigenvalue weighted by Gasteiger charge is 2.08. The van der Waals surface area contributed by atoms with Crippen molar-refractivity contribution in [1.29, 1.82) is 0 Å². The molecule has 0 amide bonds. The quantitative estimate of drug-likeness (QED) is 0.363. The summed E-state index contributed by atoms with van der Waals surface area (Å²) in [4.78, 5) is 0. The van der Waals surface area contributed by atoms with E-state index in [4.69, 9.17) is 51.1 Å². The highest BCUT2D eigenvalue weighted by atomic mass is 35.5.